The van der Waals surface area contributed by atoms with Crippen molar-refractivity contribution in [2.24, 2.45) is 0 Å². The summed E-state index contributed by atoms with van der Waals surface area (Å²) < 4.78 is 4.88. The van der Waals surface area contributed by atoms with E-state index >= 15 is 0 Å². The molecule has 1 aromatic rings. The van der Waals surface area contributed by atoms with Crippen molar-refractivity contribution in [2.75, 3.05) is 26.1 Å². The van der Waals surface area contributed by atoms with E-state index in [1.807, 2.05) is 14.1 Å². The minimum atomic E-state index is -0.392. The van der Waals surface area contributed by atoms with Gasteiger partial charge in [0.2, 0.25) is 5.95 Å². The molecule has 6 heteroatoms. The summed E-state index contributed by atoms with van der Waals surface area (Å²) in [5, 5.41) is 1.72. The van der Waals surface area contributed by atoms with Crippen molar-refractivity contribution < 1.29 is 9.53 Å². The fourth-order valence-corrected chi connectivity index (χ4v) is 1.13. The monoisotopic (exact) mass is 224 g/mol. The van der Waals surface area contributed by atoms with Crippen molar-refractivity contribution >= 4 is 11.9 Å². The van der Waals surface area contributed by atoms with Crippen LogP contribution in [0.25, 0.3) is 0 Å². The highest BCUT2D eigenvalue weighted by Gasteiger charge is 2.12. The molecule has 0 saturated carbocycles. The van der Waals surface area contributed by atoms with Gasteiger partial charge in [-0.25, -0.2) is 19.8 Å². The van der Waals surface area contributed by atoms with Crippen LogP contribution in [0.3, 0.4) is 0 Å². The summed E-state index contributed by atoms with van der Waals surface area (Å²) in [5.41, 5.74) is 3.89. The number of nitrogens with zero attached hydrogens (tertiary/aromatic N) is 3. The molecule has 0 unspecified atom stereocenters. The van der Waals surface area contributed by atoms with Crippen molar-refractivity contribution in [1.29, 1.82) is 0 Å². The molecule has 0 amide bonds. The Labute approximate surface area is 94.6 Å². The molecule has 1 N–H and O–H groups in total. The third-order valence-electron chi connectivity index (χ3n) is 1.80. The van der Waals surface area contributed by atoms with Crippen LogP contribution in [-0.4, -0.2) is 41.6 Å². The molecule has 1 aromatic heterocycles. The Balaban J connectivity index is 2.87. The summed E-state index contributed by atoms with van der Waals surface area (Å²) in [4.78, 5) is 19.6. The Bertz CT molecular complexity index is 379. The van der Waals surface area contributed by atoms with Gasteiger partial charge in [-0.05, 0) is 13.8 Å². The molecule has 0 fully saturated rings. The first kappa shape index (κ1) is 12.4. The summed E-state index contributed by atoms with van der Waals surface area (Å²) >= 11 is 0. The van der Waals surface area contributed by atoms with Crippen LogP contribution in [0.1, 0.15) is 23.0 Å². The third-order valence-corrected chi connectivity index (χ3v) is 1.80. The lowest BCUT2D eigenvalue weighted by Gasteiger charge is -2.12. The zero-order valence-electron chi connectivity index (χ0n) is 9.94. The lowest BCUT2D eigenvalue weighted by atomic mass is 10.2. The van der Waals surface area contributed by atoms with Crippen LogP contribution >= 0.6 is 0 Å². The molecule has 16 heavy (non-hydrogen) atoms. The van der Waals surface area contributed by atoms with Crippen LogP contribution in [0.15, 0.2) is 6.20 Å². The summed E-state index contributed by atoms with van der Waals surface area (Å²) in [6, 6.07) is 0. The Morgan fingerprint density at radius 3 is 2.75 bits per heavy atom. The second-order valence-corrected chi connectivity index (χ2v) is 3.42. The zero-order chi connectivity index (χ0) is 12.1. The van der Waals surface area contributed by atoms with Crippen molar-refractivity contribution in [3.8, 4) is 0 Å². The first-order chi connectivity index (χ1) is 7.54. The minimum absolute atomic E-state index is 0.343. The summed E-state index contributed by atoms with van der Waals surface area (Å²) in [6.45, 7) is 3.85. The van der Waals surface area contributed by atoms with E-state index in [0.717, 1.165) is 0 Å². The first-order valence-electron chi connectivity index (χ1n) is 4.99. The van der Waals surface area contributed by atoms with E-state index in [4.69, 9.17) is 4.74 Å². The van der Waals surface area contributed by atoms with E-state index in [2.05, 4.69) is 15.4 Å². The van der Waals surface area contributed by atoms with E-state index in [0.29, 0.717) is 23.8 Å². The van der Waals surface area contributed by atoms with Crippen LogP contribution in [-0.2, 0) is 4.74 Å². The standard InChI is InChI=1S/C10H16N4O2/c1-5-16-9(15)8-6-11-10(12-7(8)2)13-14(3)4/h6H,5H2,1-4H3,(H,11,12,13). The molecule has 0 aliphatic rings. The molecule has 1 heterocycles. The molecule has 6 nitrogen and oxygen atoms in total. The van der Waals surface area contributed by atoms with Crippen molar-refractivity contribution in [3.05, 3.63) is 17.5 Å². The van der Waals surface area contributed by atoms with E-state index in [9.17, 15) is 4.79 Å². The number of aromatic nitrogens is 2. The van der Waals surface area contributed by atoms with Crippen molar-refractivity contribution in [3.63, 3.8) is 0 Å². The van der Waals surface area contributed by atoms with Gasteiger partial charge in [0.1, 0.15) is 0 Å². The van der Waals surface area contributed by atoms with Crippen LogP contribution in [0.2, 0.25) is 0 Å². The maximum absolute atomic E-state index is 11.5. The lowest BCUT2D eigenvalue weighted by Crippen LogP contribution is -2.22. The zero-order valence-corrected chi connectivity index (χ0v) is 9.94. The maximum atomic E-state index is 11.5. The van der Waals surface area contributed by atoms with Gasteiger partial charge in [0.05, 0.1) is 17.9 Å². The predicted molar refractivity (Wildman–Crippen MR) is 60.0 cm³/mol. The van der Waals surface area contributed by atoms with E-state index in [-0.39, 0.29) is 0 Å². The van der Waals surface area contributed by atoms with Crippen molar-refractivity contribution in [1.82, 2.24) is 15.0 Å². The Kier molecular flexibility index (Phi) is 4.19. The average Bonchev–Trinajstić information content (AvgIpc) is 2.16. The first-order valence-corrected chi connectivity index (χ1v) is 4.99. The van der Waals surface area contributed by atoms with Gasteiger partial charge in [-0.15, -0.1) is 0 Å². The van der Waals surface area contributed by atoms with Gasteiger partial charge >= 0.3 is 5.97 Å². The fraction of sp³-hybridized carbons (Fsp3) is 0.500. The van der Waals surface area contributed by atoms with Gasteiger partial charge in [0.25, 0.3) is 0 Å². The highest BCUT2D eigenvalue weighted by atomic mass is 16.5. The third kappa shape index (κ3) is 3.16. The molecule has 0 atom stereocenters. The van der Waals surface area contributed by atoms with Gasteiger partial charge in [-0.2, -0.15) is 0 Å². The van der Waals surface area contributed by atoms with E-state index in [1.165, 1.54) is 6.20 Å². The molecular formula is C10H16N4O2. The molecule has 0 bridgehead atoms. The fourth-order valence-electron chi connectivity index (χ4n) is 1.13. The summed E-state index contributed by atoms with van der Waals surface area (Å²) in [7, 11) is 3.66. The van der Waals surface area contributed by atoms with Gasteiger partial charge in [0.15, 0.2) is 0 Å². The normalized spacial score (nSPS) is 10.3. The number of rotatable bonds is 4. The molecule has 0 aromatic carbocycles. The Hall–Kier alpha value is -1.69. The molecule has 0 saturated heterocycles. The second kappa shape index (κ2) is 5.41. The predicted octanol–water partition coefficient (Wildman–Crippen LogP) is 0.850. The van der Waals surface area contributed by atoms with Gasteiger partial charge in [-0.1, -0.05) is 0 Å². The number of nitrogens with one attached hydrogen (secondary N) is 1. The Morgan fingerprint density at radius 2 is 2.25 bits per heavy atom. The number of hydrogen-bond donors (Lipinski definition) is 1. The highest BCUT2D eigenvalue weighted by molar-refractivity contribution is 5.90. The molecule has 88 valence electrons. The number of hydrazine groups is 1. The van der Waals surface area contributed by atoms with Crippen LogP contribution in [0.4, 0.5) is 5.95 Å². The molecule has 1 rings (SSSR count). The summed E-state index contributed by atoms with van der Waals surface area (Å²) in [6.07, 6.45) is 1.46. The number of carbonyl (C=O) groups is 1. The number of aryl methyl sites for hydroxylation is 1. The van der Waals surface area contributed by atoms with Crippen LogP contribution < -0.4 is 5.43 Å². The molecular weight excluding hydrogens is 208 g/mol. The van der Waals surface area contributed by atoms with E-state index in [1.54, 1.807) is 18.9 Å². The van der Waals surface area contributed by atoms with Gasteiger partial charge in [-0.3, -0.25) is 5.43 Å². The largest absolute Gasteiger partial charge is 0.462 e. The molecule has 0 aliphatic carbocycles. The second-order valence-electron chi connectivity index (χ2n) is 3.42. The number of anilines is 1. The number of carbonyl (C=O) groups excluding carboxylic acids is 1. The number of hydrogen-bond acceptors (Lipinski definition) is 6. The number of esters is 1. The molecule has 0 radical (unpaired) electrons. The lowest BCUT2D eigenvalue weighted by molar-refractivity contribution is 0.0524. The highest BCUT2D eigenvalue weighted by Crippen LogP contribution is 2.08. The summed E-state index contributed by atoms with van der Waals surface area (Å²) in [5.74, 6) is 0.0620. The molecule has 0 spiro atoms. The smallest absolute Gasteiger partial charge is 0.341 e. The SMILES string of the molecule is CCOC(=O)c1cnc(NN(C)C)nc1C. The maximum Gasteiger partial charge on any atom is 0.341 e. The van der Waals surface area contributed by atoms with Crippen LogP contribution in [0.5, 0.6) is 0 Å². The minimum Gasteiger partial charge on any atom is -0.462 e. The number of ether oxygens (including phenoxy) is 1. The average molecular weight is 224 g/mol. The van der Waals surface area contributed by atoms with E-state index < -0.39 is 5.97 Å². The van der Waals surface area contributed by atoms with Crippen LogP contribution in [0, 0.1) is 6.92 Å². The van der Waals surface area contributed by atoms with Crippen molar-refractivity contribution in [2.45, 2.75) is 13.8 Å². The Morgan fingerprint density at radius 1 is 1.56 bits per heavy atom. The quantitative estimate of drug-likeness (QED) is 0.604. The van der Waals surface area contributed by atoms with Gasteiger partial charge in [0, 0.05) is 20.3 Å². The van der Waals surface area contributed by atoms with Gasteiger partial charge < -0.3 is 4.74 Å². The topological polar surface area (TPSA) is 67.3 Å². The molecule has 0 aliphatic heterocycles.